The maximum absolute atomic E-state index is 12.2. The van der Waals surface area contributed by atoms with Crippen molar-refractivity contribution >= 4 is 5.78 Å². The lowest BCUT2D eigenvalue weighted by Gasteiger charge is -2.43. The van der Waals surface area contributed by atoms with Crippen LogP contribution in [0.4, 0.5) is 0 Å². The van der Waals surface area contributed by atoms with Gasteiger partial charge in [-0.25, -0.2) is 0 Å². The Hall–Kier alpha value is -0.410. The van der Waals surface area contributed by atoms with Crippen molar-refractivity contribution in [3.05, 3.63) is 0 Å². The van der Waals surface area contributed by atoms with Crippen LogP contribution in [0.2, 0.25) is 0 Å². The molecule has 0 N–H and O–H groups in total. The van der Waals surface area contributed by atoms with Gasteiger partial charge in [-0.2, -0.15) is 0 Å². The first-order chi connectivity index (χ1) is 8.11. The van der Waals surface area contributed by atoms with Crippen LogP contribution in [0.3, 0.4) is 0 Å². The van der Waals surface area contributed by atoms with Crippen LogP contribution in [0, 0.1) is 29.6 Å². The highest BCUT2D eigenvalue weighted by atomic mass is 16.7. The molecule has 3 rings (SSSR count). The highest BCUT2D eigenvalue weighted by Gasteiger charge is 2.57. The summed E-state index contributed by atoms with van der Waals surface area (Å²) in [4.78, 5) is 12.2. The van der Waals surface area contributed by atoms with Gasteiger partial charge in [-0.1, -0.05) is 13.8 Å². The predicted molar refractivity (Wildman–Crippen MR) is 63.3 cm³/mol. The Bertz CT molecular complexity index is 327. The SMILES string of the molecule is COC1O[C@H]2C[C@@H](C)C[C@@H]3C(=O)C[C@H](C)[C@@H]1[C@H]23. The van der Waals surface area contributed by atoms with Gasteiger partial charge >= 0.3 is 0 Å². The van der Waals surface area contributed by atoms with Crippen LogP contribution in [-0.2, 0) is 14.3 Å². The van der Waals surface area contributed by atoms with Gasteiger partial charge in [0, 0.05) is 31.3 Å². The Morgan fingerprint density at radius 3 is 2.71 bits per heavy atom. The Kier molecular flexibility index (Phi) is 2.79. The number of methoxy groups -OCH3 is 1. The minimum absolute atomic E-state index is 0.0825. The number of ketones is 1. The first kappa shape index (κ1) is 11.7. The van der Waals surface area contributed by atoms with E-state index >= 15 is 0 Å². The van der Waals surface area contributed by atoms with Crippen molar-refractivity contribution in [3.63, 3.8) is 0 Å². The number of carbonyl (C=O) groups excluding carboxylic acids is 1. The molecule has 17 heavy (non-hydrogen) atoms. The second-order valence-corrected chi connectivity index (χ2v) is 6.26. The van der Waals surface area contributed by atoms with Gasteiger partial charge in [-0.3, -0.25) is 4.79 Å². The molecule has 7 atom stereocenters. The second kappa shape index (κ2) is 4.06. The van der Waals surface area contributed by atoms with Gasteiger partial charge in [0.2, 0.25) is 0 Å². The van der Waals surface area contributed by atoms with Crippen molar-refractivity contribution in [1.29, 1.82) is 0 Å². The van der Waals surface area contributed by atoms with E-state index in [-0.39, 0.29) is 18.3 Å². The summed E-state index contributed by atoms with van der Waals surface area (Å²) in [5.74, 6) is 2.58. The van der Waals surface area contributed by atoms with Crippen LogP contribution in [0.25, 0.3) is 0 Å². The molecule has 96 valence electrons. The van der Waals surface area contributed by atoms with Gasteiger partial charge in [0.15, 0.2) is 6.29 Å². The average molecular weight is 238 g/mol. The third kappa shape index (κ3) is 1.66. The van der Waals surface area contributed by atoms with E-state index in [0.717, 1.165) is 12.8 Å². The van der Waals surface area contributed by atoms with Gasteiger partial charge in [-0.05, 0) is 24.7 Å². The van der Waals surface area contributed by atoms with Crippen LogP contribution in [-0.4, -0.2) is 25.3 Å². The molecule has 0 aromatic rings. The van der Waals surface area contributed by atoms with Gasteiger partial charge in [-0.15, -0.1) is 0 Å². The summed E-state index contributed by atoms with van der Waals surface area (Å²) < 4.78 is 11.5. The molecule has 0 radical (unpaired) electrons. The molecule has 3 heteroatoms. The second-order valence-electron chi connectivity index (χ2n) is 6.26. The smallest absolute Gasteiger partial charge is 0.161 e. The first-order valence-electron chi connectivity index (χ1n) is 6.82. The van der Waals surface area contributed by atoms with E-state index < -0.39 is 0 Å². The van der Waals surface area contributed by atoms with E-state index in [1.54, 1.807) is 7.11 Å². The molecule has 1 saturated heterocycles. The van der Waals surface area contributed by atoms with E-state index in [2.05, 4.69) is 13.8 Å². The molecule has 0 amide bonds. The summed E-state index contributed by atoms with van der Waals surface area (Å²) >= 11 is 0. The molecule has 2 saturated carbocycles. The molecule has 1 heterocycles. The molecule has 0 aromatic carbocycles. The third-order valence-corrected chi connectivity index (χ3v) is 5.08. The molecule has 1 unspecified atom stereocenters. The fourth-order valence-electron chi connectivity index (χ4n) is 4.42. The van der Waals surface area contributed by atoms with Crippen molar-refractivity contribution in [2.75, 3.05) is 7.11 Å². The summed E-state index contributed by atoms with van der Waals surface area (Å²) in [5, 5.41) is 0. The maximum atomic E-state index is 12.2. The summed E-state index contributed by atoms with van der Waals surface area (Å²) in [6.45, 7) is 4.41. The van der Waals surface area contributed by atoms with E-state index in [1.807, 2.05) is 0 Å². The topological polar surface area (TPSA) is 35.5 Å². The highest BCUT2D eigenvalue weighted by Crippen LogP contribution is 2.53. The van der Waals surface area contributed by atoms with Crippen molar-refractivity contribution in [1.82, 2.24) is 0 Å². The number of hydrogen-bond acceptors (Lipinski definition) is 3. The van der Waals surface area contributed by atoms with Crippen LogP contribution >= 0.6 is 0 Å². The van der Waals surface area contributed by atoms with Gasteiger partial charge < -0.3 is 9.47 Å². The van der Waals surface area contributed by atoms with E-state index in [1.165, 1.54) is 0 Å². The summed E-state index contributed by atoms with van der Waals surface area (Å²) in [6, 6.07) is 0. The lowest BCUT2D eigenvalue weighted by molar-refractivity contribution is -0.141. The molecule has 3 nitrogen and oxygen atoms in total. The van der Waals surface area contributed by atoms with Crippen molar-refractivity contribution in [2.24, 2.45) is 29.6 Å². The number of rotatable bonds is 1. The lowest BCUT2D eigenvalue weighted by atomic mass is 9.60. The molecule has 3 aliphatic rings. The number of Topliss-reactive ketones (excluding diaryl/α,β-unsaturated/α-hetero) is 1. The molecule has 0 bridgehead atoms. The van der Waals surface area contributed by atoms with E-state index in [9.17, 15) is 4.79 Å². The summed E-state index contributed by atoms with van der Waals surface area (Å²) in [5.41, 5.74) is 0. The fourth-order valence-corrected chi connectivity index (χ4v) is 4.42. The predicted octanol–water partition coefficient (Wildman–Crippen LogP) is 2.25. The van der Waals surface area contributed by atoms with Crippen LogP contribution < -0.4 is 0 Å². The minimum atomic E-state index is -0.0825. The first-order valence-corrected chi connectivity index (χ1v) is 6.82. The van der Waals surface area contributed by atoms with Crippen LogP contribution in [0.15, 0.2) is 0 Å². The molecule has 0 spiro atoms. The van der Waals surface area contributed by atoms with Gasteiger partial charge in [0.05, 0.1) is 6.10 Å². The molecule has 2 aliphatic carbocycles. The zero-order valence-electron chi connectivity index (χ0n) is 10.9. The van der Waals surface area contributed by atoms with Crippen molar-refractivity contribution < 1.29 is 14.3 Å². The van der Waals surface area contributed by atoms with Crippen LogP contribution in [0.5, 0.6) is 0 Å². The number of ether oxygens (including phenoxy) is 2. The summed E-state index contributed by atoms with van der Waals surface area (Å²) in [6.07, 6.45) is 3.04. The largest absolute Gasteiger partial charge is 0.356 e. The highest BCUT2D eigenvalue weighted by molar-refractivity contribution is 5.82. The molecule has 0 aromatic heterocycles. The number of hydrogen-bond donors (Lipinski definition) is 0. The van der Waals surface area contributed by atoms with Crippen LogP contribution in [0.1, 0.15) is 33.1 Å². The molecule has 3 fully saturated rings. The van der Waals surface area contributed by atoms with Crippen molar-refractivity contribution in [3.8, 4) is 0 Å². The third-order valence-electron chi connectivity index (χ3n) is 5.08. The minimum Gasteiger partial charge on any atom is -0.356 e. The lowest BCUT2D eigenvalue weighted by Crippen LogP contribution is -2.46. The Morgan fingerprint density at radius 1 is 1.24 bits per heavy atom. The Labute approximate surface area is 103 Å². The summed E-state index contributed by atoms with van der Waals surface area (Å²) in [7, 11) is 1.73. The normalized spacial score (nSPS) is 53.6. The average Bonchev–Trinajstić information content (AvgIpc) is 2.64. The van der Waals surface area contributed by atoms with Crippen molar-refractivity contribution in [2.45, 2.75) is 45.5 Å². The Morgan fingerprint density at radius 2 is 2.00 bits per heavy atom. The van der Waals surface area contributed by atoms with E-state index in [4.69, 9.17) is 9.47 Å². The van der Waals surface area contributed by atoms with Gasteiger partial charge in [0.25, 0.3) is 0 Å². The zero-order valence-corrected chi connectivity index (χ0v) is 10.9. The zero-order chi connectivity index (χ0) is 12.2. The van der Waals surface area contributed by atoms with Gasteiger partial charge in [0.1, 0.15) is 5.78 Å². The maximum Gasteiger partial charge on any atom is 0.161 e. The fraction of sp³-hybridized carbons (Fsp3) is 0.929. The monoisotopic (exact) mass is 238 g/mol. The molecular formula is C14H22O3. The standard InChI is InChI=1S/C14H22O3/c1-7-4-9-10(15)6-8(2)12-13(9)11(5-7)17-14(12)16-3/h7-9,11-14H,4-6H2,1-3H3/t7-,8-,9+,11-,12+,13-,14?/m0/s1. The van der Waals surface area contributed by atoms with E-state index in [0.29, 0.717) is 35.9 Å². The Balaban J connectivity index is 1.93. The molecule has 1 aliphatic heterocycles. The number of carbonyl (C=O) groups is 1. The molecular weight excluding hydrogens is 216 g/mol. The quantitative estimate of drug-likeness (QED) is 0.703.